The molecule has 1 aliphatic rings. The van der Waals surface area contributed by atoms with Crippen molar-refractivity contribution in [1.29, 1.82) is 0 Å². The molecule has 0 bridgehead atoms. The second-order valence-electron chi connectivity index (χ2n) is 5.33. The van der Waals surface area contributed by atoms with E-state index in [2.05, 4.69) is 20.5 Å². The molecule has 28 heavy (non-hydrogen) atoms. The Labute approximate surface area is 158 Å². The second kappa shape index (κ2) is 7.12. The summed E-state index contributed by atoms with van der Waals surface area (Å²) in [7, 11) is -9.51. The summed E-state index contributed by atoms with van der Waals surface area (Å²) in [6.07, 6.45) is 0. The van der Waals surface area contributed by atoms with E-state index < -0.39 is 41.8 Å². The molecular weight excluding hydrogens is 412 g/mol. The lowest BCUT2D eigenvalue weighted by Crippen LogP contribution is -2.03. The summed E-state index contributed by atoms with van der Waals surface area (Å²) in [4.78, 5) is 11.2. The summed E-state index contributed by atoms with van der Waals surface area (Å²) >= 11 is 0. The molecule has 0 spiro atoms. The lowest BCUT2D eigenvalue weighted by molar-refractivity contribution is -0.114. The average Bonchev–Trinajstić information content (AvgIpc) is 3.00. The Bertz CT molecular complexity index is 1260. The third-order valence-electron chi connectivity index (χ3n) is 3.48. The predicted octanol–water partition coefficient (Wildman–Crippen LogP) is 2.73. The lowest BCUT2D eigenvalue weighted by atomic mass is 10.0. The molecule has 0 atom stereocenters. The predicted molar refractivity (Wildman–Crippen MR) is 94.6 cm³/mol. The van der Waals surface area contributed by atoms with Crippen LogP contribution in [0.3, 0.4) is 0 Å². The maximum absolute atomic E-state index is 11.8. The van der Waals surface area contributed by atoms with Crippen molar-refractivity contribution < 1.29 is 30.7 Å². The molecule has 0 unspecified atom stereocenters. The molecule has 11 nitrogen and oxygen atoms in total. The Hall–Kier alpha value is -3.13. The van der Waals surface area contributed by atoms with Crippen molar-refractivity contribution in [3.8, 4) is 11.1 Å². The molecule has 0 fully saturated rings. The Kier molecular flexibility index (Phi) is 4.99. The van der Waals surface area contributed by atoms with Gasteiger partial charge in [0, 0.05) is 5.56 Å². The largest absolute Gasteiger partial charge is 0.319 e. The van der Waals surface area contributed by atoms with Gasteiger partial charge in [0.2, 0.25) is 5.03 Å². The molecule has 1 amide bonds. The van der Waals surface area contributed by atoms with Crippen molar-refractivity contribution in [3.05, 3.63) is 59.3 Å². The van der Waals surface area contributed by atoms with Crippen LogP contribution in [0.1, 0.15) is 0 Å². The summed E-state index contributed by atoms with van der Waals surface area (Å²) in [6, 6.07) is 11.8. The quantitative estimate of drug-likeness (QED) is 0.550. The highest BCUT2D eigenvalue weighted by molar-refractivity contribution is 7.89. The van der Waals surface area contributed by atoms with Gasteiger partial charge in [-0.05, 0) is 17.7 Å². The first-order valence-corrected chi connectivity index (χ1v) is 10.2. The maximum atomic E-state index is 11.8. The van der Waals surface area contributed by atoms with Crippen molar-refractivity contribution >= 4 is 31.8 Å². The van der Waals surface area contributed by atoms with Crippen molar-refractivity contribution in [2.24, 2.45) is 20.5 Å². The minimum atomic E-state index is -4.87. The van der Waals surface area contributed by atoms with Crippen LogP contribution in [0.25, 0.3) is 11.1 Å². The molecule has 0 saturated heterocycles. The minimum absolute atomic E-state index is 0.0253. The third kappa shape index (κ3) is 3.91. The summed E-state index contributed by atoms with van der Waals surface area (Å²) in [5, 5.41) is 12.2. The van der Waals surface area contributed by atoms with E-state index in [4.69, 9.17) is 4.55 Å². The summed E-state index contributed by atoms with van der Waals surface area (Å²) in [6.45, 7) is 0. The average molecular weight is 422 g/mol. The van der Waals surface area contributed by atoms with Gasteiger partial charge >= 0.3 is 16.0 Å². The highest BCUT2D eigenvalue weighted by atomic mass is 32.2. The number of amides is 1. The van der Waals surface area contributed by atoms with Crippen molar-refractivity contribution in [1.82, 2.24) is 0 Å². The number of rotatable bonds is 5. The van der Waals surface area contributed by atoms with Crippen LogP contribution in [0.5, 0.6) is 0 Å². The standard InChI is InChI=1S/C15H10N4O7S2/c20-14-13(15(19-18-14)28(24,25)26)17-16-10-7-4-8-11(27(21,22)23)12(10)9-5-2-1-3-6-9/h1-8H,(H,21,22,23)(H,24,25,26). The molecular formula is C15H10N4O7S2. The Morgan fingerprint density at radius 3 is 2.07 bits per heavy atom. The molecule has 3 rings (SSSR count). The zero-order valence-electron chi connectivity index (χ0n) is 13.7. The third-order valence-corrected chi connectivity index (χ3v) is 5.14. The number of benzene rings is 2. The Morgan fingerprint density at radius 2 is 1.46 bits per heavy atom. The number of azo groups is 2. The molecule has 144 valence electrons. The van der Waals surface area contributed by atoms with Crippen LogP contribution in [0.2, 0.25) is 0 Å². The van der Waals surface area contributed by atoms with Crippen LogP contribution < -0.4 is 0 Å². The summed E-state index contributed by atoms with van der Waals surface area (Å²) in [5.41, 5.74) is -0.592. The van der Waals surface area contributed by atoms with Crippen molar-refractivity contribution in [2.75, 3.05) is 0 Å². The number of carbonyl (C=O) groups excluding carboxylic acids is 1. The summed E-state index contributed by atoms with van der Waals surface area (Å²) < 4.78 is 64.6. The van der Waals surface area contributed by atoms with Gasteiger partial charge in [-0.25, -0.2) is 0 Å². The fraction of sp³-hybridized carbons (Fsp3) is 0. The molecule has 0 aliphatic carbocycles. The SMILES string of the molecule is O=C1N=NC(S(=O)(=O)O)=C1N=Nc1cccc(S(=O)(=O)O)c1-c1ccccc1. The fourth-order valence-electron chi connectivity index (χ4n) is 2.35. The van der Waals surface area contributed by atoms with Crippen LogP contribution in [0, 0.1) is 0 Å². The zero-order chi connectivity index (χ0) is 20.5. The van der Waals surface area contributed by atoms with Gasteiger partial charge in [0.25, 0.3) is 10.1 Å². The minimum Gasteiger partial charge on any atom is -0.282 e. The molecule has 0 saturated carbocycles. The number of hydrogen-bond donors (Lipinski definition) is 2. The highest BCUT2D eigenvalue weighted by Gasteiger charge is 2.30. The maximum Gasteiger partial charge on any atom is 0.319 e. The first kappa shape index (κ1) is 19.6. The summed E-state index contributed by atoms with van der Waals surface area (Å²) in [5.74, 6) is -1.15. The van der Waals surface area contributed by atoms with E-state index in [1.54, 1.807) is 30.3 Å². The molecule has 0 radical (unpaired) electrons. The molecule has 1 heterocycles. The molecule has 0 aromatic heterocycles. The number of hydrogen-bond acceptors (Lipinski definition) is 8. The molecule has 2 aromatic carbocycles. The first-order chi connectivity index (χ1) is 13.1. The molecule has 2 N–H and O–H groups in total. The van der Waals surface area contributed by atoms with E-state index in [9.17, 15) is 26.2 Å². The van der Waals surface area contributed by atoms with Gasteiger partial charge < -0.3 is 0 Å². The van der Waals surface area contributed by atoms with Crippen LogP contribution in [0.15, 0.2) is 84.6 Å². The smallest absolute Gasteiger partial charge is 0.282 e. The Morgan fingerprint density at radius 1 is 0.786 bits per heavy atom. The highest BCUT2D eigenvalue weighted by Crippen LogP contribution is 2.37. The second-order valence-corrected chi connectivity index (χ2v) is 8.05. The number of carbonyl (C=O) groups is 1. The van der Waals surface area contributed by atoms with Crippen LogP contribution in [0.4, 0.5) is 5.69 Å². The van der Waals surface area contributed by atoms with Gasteiger partial charge in [-0.1, -0.05) is 36.4 Å². The van der Waals surface area contributed by atoms with E-state index in [0.29, 0.717) is 5.56 Å². The van der Waals surface area contributed by atoms with Crippen molar-refractivity contribution in [2.45, 2.75) is 4.90 Å². The van der Waals surface area contributed by atoms with Gasteiger partial charge in [0.05, 0.1) is 5.69 Å². The van der Waals surface area contributed by atoms with Gasteiger partial charge in [-0.3, -0.25) is 13.9 Å². The fourth-order valence-corrected chi connectivity index (χ4v) is 3.60. The van der Waals surface area contributed by atoms with Gasteiger partial charge in [0.15, 0.2) is 5.70 Å². The molecule has 2 aromatic rings. The van der Waals surface area contributed by atoms with E-state index in [1.807, 2.05) is 0 Å². The topological polar surface area (TPSA) is 175 Å². The van der Waals surface area contributed by atoms with E-state index in [1.165, 1.54) is 12.1 Å². The van der Waals surface area contributed by atoms with Crippen LogP contribution in [-0.4, -0.2) is 31.8 Å². The van der Waals surface area contributed by atoms with E-state index in [-0.39, 0.29) is 11.3 Å². The van der Waals surface area contributed by atoms with E-state index in [0.717, 1.165) is 6.07 Å². The number of nitrogens with zero attached hydrogens (tertiary/aromatic N) is 4. The van der Waals surface area contributed by atoms with Gasteiger partial charge in [0.1, 0.15) is 4.90 Å². The van der Waals surface area contributed by atoms with Gasteiger partial charge in [-0.15, -0.1) is 20.5 Å². The molecule has 13 heteroatoms. The Balaban J connectivity index is 2.22. The van der Waals surface area contributed by atoms with Crippen LogP contribution in [-0.2, 0) is 25.0 Å². The monoisotopic (exact) mass is 422 g/mol. The zero-order valence-corrected chi connectivity index (χ0v) is 15.3. The molecule has 1 aliphatic heterocycles. The lowest BCUT2D eigenvalue weighted by Gasteiger charge is -2.10. The first-order valence-electron chi connectivity index (χ1n) is 7.34. The normalized spacial score (nSPS) is 15.0. The van der Waals surface area contributed by atoms with Crippen LogP contribution >= 0.6 is 0 Å². The van der Waals surface area contributed by atoms with Gasteiger partial charge in [-0.2, -0.15) is 16.8 Å². The van der Waals surface area contributed by atoms with Crippen molar-refractivity contribution in [3.63, 3.8) is 0 Å². The van der Waals surface area contributed by atoms with E-state index >= 15 is 0 Å².